The predicted molar refractivity (Wildman–Crippen MR) is 124 cm³/mol. The van der Waals surface area contributed by atoms with Gasteiger partial charge in [0.05, 0.1) is 4.87 Å². The van der Waals surface area contributed by atoms with Crippen molar-refractivity contribution in [3.63, 3.8) is 0 Å². The molecule has 1 aromatic rings. The molecule has 1 saturated carbocycles. The smallest absolute Gasteiger partial charge is 0.253 e. The fourth-order valence-electron chi connectivity index (χ4n) is 5.34. The van der Waals surface area contributed by atoms with Crippen LogP contribution in [0.4, 0.5) is 0 Å². The van der Waals surface area contributed by atoms with Gasteiger partial charge in [0.15, 0.2) is 0 Å². The van der Waals surface area contributed by atoms with E-state index in [1.807, 2.05) is 28.8 Å². The lowest BCUT2D eigenvalue weighted by Crippen LogP contribution is -2.55. The van der Waals surface area contributed by atoms with E-state index in [2.05, 4.69) is 24.0 Å². The normalized spacial score (nSPS) is 21.9. The number of hydrogen-bond donors (Lipinski definition) is 0. The fourth-order valence-corrected chi connectivity index (χ4v) is 6.80. The van der Waals surface area contributed by atoms with Gasteiger partial charge in [-0.05, 0) is 56.2 Å². The molecular weight excluding hydrogens is 392 g/mol. The van der Waals surface area contributed by atoms with E-state index in [0.717, 1.165) is 63.1 Å². The molecule has 1 spiro atoms. The zero-order chi connectivity index (χ0) is 21.0. The number of aryl methyl sites for hydroxylation is 1. The lowest BCUT2D eigenvalue weighted by atomic mass is 9.87. The van der Waals surface area contributed by atoms with Crippen LogP contribution in [0.1, 0.15) is 80.6 Å². The maximum atomic E-state index is 13.2. The number of nitrogens with zero attached hydrogens (tertiary/aromatic N) is 2. The van der Waals surface area contributed by atoms with Crippen LogP contribution in [0.5, 0.6) is 0 Å². The summed E-state index contributed by atoms with van der Waals surface area (Å²) in [6.45, 7) is 4.58. The van der Waals surface area contributed by atoms with Crippen LogP contribution >= 0.6 is 11.8 Å². The molecule has 2 saturated heterocycles. The fraction of sp³-hybridized carbons (Fsp3) is 0.680. The minimum absolute atomic E-state index is 0.0741. The number of likely N-dealkylation sites (tertiary alicyclic amines) is 1. The van der Waals surface area contributed by atoms with Crippen molar-refractivity contribution in [2.75, 3.05) is 25.4 Å². The Morgan fingerprint density at radius 3 is 2.40 bits per heavy atom. The highest BCUT2D eigenvalue weighted by molar-refractivity contribution is 8.00. The third kappa shape index (κ3) is 4.56. The third-order valence-electron chi connectivity index (χ3n) is 7.25. The van der Waals surface area contributed by atoms with Gasteiger partial charge in [-0.25, -0.2) is 0 Å². The quantitative estimate of drug-likeness (QED) is 0.654. The number of piperidine rings is 1. The molecule has 0 bridgehead atoms. The highest BCUT2D eigenvalue weighted by atomic mass is 32.2. The first-order chi connectivity index (χ1) is 14.6. The molecule has 4 nitrogen and oxygen atoms in total. The number of benzene rings is 1. The second-order valence-corrected chi connectivity index (χ2v) is 10.7. The molecule has 0 atom stereocenters. The number of carbonyl (C=O) groups is 2. The van der Waals surface area contributed by atoms with Gasteiger partial charge in [-0.15, -0.1) is 11.8 Å². The standard InChI is InChI=1S/C25H36N2O2S/c1-2-3-7-20-10-12-22(13-11-20)23(28)26-16-14-25(15-17-26)27(18-19-30-25)24(29)21-8-5-4-6-9-21/h10-13,21H,2-9,14-19H2,1H3. The van der Waals surface area contributed by atoms with Gasteiger partial charge in [0.2, 0.25) is 5.91 Å². The number of rotatable bonds is 5. The second kappa shape index (κ2) is 9.76. The topological polar surface area (TPSA) is 40.6 Å². The Balaban J connectivity index is 1.36. The van der Waals surface area contributed by atoms with Crippen LogP contribution in [0.25, 0.3) is 0 Å². The maximum Gasteiger partial charge on any atom is 0.253 e. The van der Waals surface area contributed by atoms with Crippen LogP contribution in [0.15, 0.2) is 24.3 Å². The molecule has 30 heavy (non-hydrogen) atoms. The Morgan fingerprint density at radius 1 is 1.03 bits per heavy atom. The minimum atomic E-state index is -0.0741. The molecule has 2 amide bonds. The van der Waals surface area contributed by atoms with Crippen molar-refractivity contribution >= 4 is 23.6 Å². The van der Waals surface area contributed by atoms with E-state index < -0.39 is 0 Å². The molecule has 5 heteroatoms. The van der Waals surface area contributed by atoms with E-state index >= 15 is 0 Å². The highest BCUT2D eigenvalue weighted by Crippen LogP contribution is 2.45. The summed E-state index contributed by atoms with van der Waals surface area (Å²) < 4.78 is 0. The van der Waals surface area contributed by atoms with Crippen LogP contribution in [0, 0.1) is 5.92 Å². The zero-order valence-electron chi connectivity index (χ0n) is 18.4. The number of carbonyl (C=O) groups excluding carboxylic acids is 2. The van der Waals surface area contributed by atoms with Crippen LogP contribution < -0.4 is 0 Å². The lowest BCUT2D eigenvalue weighted by molar-refractivity contribution is -0.140. The number of thioether (sulfide) groups is 1. The number of hydrogen-bond acceptors (Lipinski definition) is 3. The third-order valence-corrected chi connectivity index (χ3v) is 8.80. The molecule has 3 aliphatic rings. The van der Waals surface area contributed by atoms with Crippen LogP contribution in [0.3, 0.4) is 0 Å². The molecule has 0 radical (unpaired) electrons. The van der Waals surface area contributed by atoms with Crippen LogP contribution in [0.2, 0.25) is 0 Å². The van der Waals surface area contributed by atoms with E-state index in [9.17, 15) is 9.59 Å². The van der Waals surface area contributed by atoms with Crippen molar-refractivity contribution in [3.05, 3.63) is 35.4 Å². The summed E-state index contributed by atoms with van der Waals surface area (Å²) >= 11 is 1.95. The first-order valence-electron chi connectivity index (χ1n) is 12.0. The molecule has 4 rings (SSSR count). The van der Waals surface area contributed by atoms with E-state index in [1.54, 1.807) is 0 Å². The van der Waals surface area contributed by atoms with Gasteiger partial charge in [0, 0.05) is 36.9 Å². The van der Waals surface area contributed by atoms with Crippen molar-refractivity contribution in [3.8, 4) is 0 Å². The summed E-state index contributed by atoms with van der Waals surface area (Å²) in [5, 5.41) is 0. The Hall–Kier alpha value is -1.49. The van der Waals surface area contributed by atoms with Crippen LogP contribution in [-0.2, 0) is 11.2 Å². The van der Waals surface area contributed by atoms with E-state index in [-0.39, 0.29) is 16.7 Å². The molecule has 0 unspecified atom stereocenters. The van der Waals surface area contributed by atoms with Gasteiger partial charge in [0.1, 0.15) is 0 Å². The van der Waals surface area contributed by atoms with Gasteiger partial charge < -0.3 is 9.80 Å². The average molecular weight is 429 g/mol. The number of amides is 2. The molecule has 3 fully saturated rings. The van der Waals surface area contributed by atoms with Gasteiger partial charge in [-0.1, -0.05) is 44.7 Å². The SMILES string of the molecule is CCCCc1ccc(C(=O)N2CCC3(CC2)SCCN3C(=O)C2CCCCC2)cc1. The Kier molecular flexibility index (Phi) is 7.07. The van der Waals surface area contributed by atoms with Crippen molar-refractivity contribution in [2.24, 2.45) is 5.92 Å². The zero-order valence-corrected chi connectivity index (χ0v) is 19.2. The molecule has 1 aromatic carbocycles. The molecule has 2 aliphatic heterocycles. The number of unbranched alkanes of at least 4 members (excludes halogenated alkanes) is 1. The molecular formula is C25H36N2O2S. The lowest BCUT2D eigenvalue weighted by Gasteiger charge is -2.45. The van der Waals surface area contributed by atoms with Gasteiger partial charge in [-0.2, -0.15) is 0 Å². The molecule has 0 N–H and O–H groups in total. The second-order valence-electron chi connectivity index (χ2n) is 9.21. The first kappa shape index (κ1) is 21.7. The van der Waals surface area contributed by atoms with E-state index in [0.29, 0.717) is 5.91 Å². The van der Waals surface area contributed by atoms with Gasteiger partial charge in [0.25, 0.3) is 5.91 Å². The van der Waals surface area contributed by atoms with Crippen molar-refractivity contribution in [1.29, 1.82) is 0 Å². The van der Waals surface area contributed by atoms with Crippen LogP contribution in [-0.4, -0.2) is 51.9 Å². The van der Waals surface area contributed by atoms with E-state index in [4.69, 9.17) is 0 Å². The van der Waals surface area contributed by atoms with Crippen molar-refractivity contribution < 1.29 is 9.59 Å². The van der Waals surface area contributed by atoms with Crippen molar-refractivity contribution in [2.45, 2.75) is 76.0 Å². The monoisotopic (exact) mass is 428 g/mol. The molecule has 2 heterocycles. The Labute approximate surface area is 185 Å². The summed E-state index contributed by atoms with van der Waals surface area (Å²) in [7, 11) is 0. The summed E-state index contributed by atoms with van der Waals surface area (Å²) in [5.41, 5.74) is 2.10. The molecule has 0 aromatic heterocycles. The summed E-state index contributed by atoms with van der Waals surface area (Å²) in [6, 6.07) is 8.18. The minimum Gasteiger partial charge on any atom is -0.338 e. The summed E-state index contributed by atoms with van der Waals surface area (Å²) in [6.07, 6.45) is 11.1. The largest absolute Gasteiger partial charge is 0.338 e. The summed E-state index contributed by atoms with van der Waals surface area (Å²) in [5.74, 6) is 1.80. The Morgan fingerprint density at radius 2 is 1.73 bits per heavy atom. The summed E-state index contributed by atoms with van der Waals surface area (Å²) in [4.78, 5) is 30.4. The Bertz CT molecular complexity index is 734. The van der Waals surface area contributed by atoms with Gasteiger partial charge >= 0.3 is 0 Å². The van der Waals surface area contributed by atoms with Crippen molar-refractivity contribution in [1.82, 2.24) is 9.80 Å². The predicted octanol–water partition coefficient (Wildman–Crippen LogP) is 5.12. The first-order valence-corrected chi connectivity index (χ1v) is 13.0. The highest BCUT2D eigenvalue weighted by Gasteiger charge is 2.48. The van der Waals surface area contributed by atoms with E-state index in [1.165, 1.54) is 37.7 Å². The molecule has 164 valence electrons. The average Bonchev–Trinajstić information content (AvgIpc) is 3.21. The maximum absolute atomic E-state index is 13.2. The van der Waals surface area contributed by atoms with Gasteiger partial charge in [-0.3, -0.25) is 9.59 Å². The molecule has 1 aliphatic carbocycles.